The normalized spacial score (nSPS) is 12.3. The molecule has 0 aliphatic carbocycles. The van der Waals surface area contributed by atoms with E-state index in [2.05, 4.69) is 9.97 Å². The number of benzene rings is 2. The number of nitrogens with two attached hydrogens (primary N) is 1. The van der Waals surface area contributed by atoms with Crippen LogP contribution in [0.1, 0.15) is 17.2 Å². The van der Waals surface area contributed by atoms with Gasteiger partial charge < -0.3 is 10.5 Å². The van der Waals surface area contributed by atoms with Crippen LogP contribution in [0.4, 0.5) is 0 Å². The maximum atomic E-state index is 6.38. The fourth-order valence-corrected chi connectivity index (χ4v) is 2.28. The zero-order valence-electron chi connectivity index (χ0n) is 11.2. The fraction of sp³-hybridized carbons (Fsp3) is 0.125. The van der Waals surface area contributed by atoms with E-state index in [0.29, 0.717) is 0 Å². The predicted molar refractivity (Wildman–Crippen MR) is 78.6 cm³/mol. The van der Waals surface area contributed by atoms with Gasteiger partial charge >= 0.3 is 0 Å². The van der Waals surface area contributed by atoms with E-state index in [1.807, 2.05) is 42.5 Å². The van der Waals surface area contributed by atoms with Crippen molar-refractivity contribution in [1.82, 2.24) is 9.97 Å². The fourth-order valence-electron chi connectivity index (χ4n) is 2.28. The van der Waals surface area contributed by atoms with Crippen molar-refractivity contribution in [3.8, 4) is 5.75 Å². The van der Waals surface area contributed by atoms with Crippen molar-refractivity contribution in [2.75, 3.05) is 7.11 Å². The number of nitrogens with zero attached hydrogens (tertiary/aromatic N) is 2. The lowest BCUT2D eigenvalue weighted by Crippen LogP contribution is -2.13. The number of fused-ring (bicyclic) bond motifs is 1. The Bertz CT molecular complexity index is 737. The summed E-state index contributed by atoms with van der Waals surface area (Å²) in [5.41, 5.74) is 10.0. The highest BCUT2D eigenvalue weighted by Gasteiger charge is 2.13. The molecule has 0 saturated heterocycles. The minimum atomic E-state index is -0.259. The number of para-hydroxylation sites is 1. The Morgan fingerprint density at radius 2 is 1.85 bits per heavy atom. The van der Waals surface area contributed by atoms with Crippen LogP contribution in [-0.2, 0) is 0 Å². The number of ether oxygens (including phenoxy) is 1. The second-order valence-electron chi connectivity index (χ2n) is 4.53. The van der Waals surface area contributed by atoms with Gasteiger partial charge in [0.1, 0.15) is 5.75 Å². The number of rotatable bonds is 3. The molecular weight excluding hydrogens is 250 g/mol. The molecule has 4 heteroatoms. The highest BCUT2D eigenvalue weighted by atomic mass is 16.5. The third-order valence-corrected chi connectivity index (χ3v) is 3.32. The van der Waals surface area contributed by atoms with E-state index in [9.17, 15) is 0 Å². The van der Waals surface area contributed by atoms with Crippen LogP contribution in [-0.4, -0.2) is 17.1 Å². The molecule has 0 aliphatic heterocycles. The monoisotopic (exact) mass is 265 g/mol. The first-order valence-corrected chi connectivity index (χ1v) is 6.39. The van der Waals surface area contributed by atoms with Crippen LogP contribution in [0.2, 0.25) is 0 Å². The van der Waals surface area contributed by atoms with E-state index in [4.69, 9.17) is 10.5 Å². The molecule has 2 N–H and O–H groups in total. The van der Waals surface area contributed by atoms with E-state index in [1.165, 1.54) is 0 Å². The third kappa shape index (κ3) is 2.21. The summed E-state index contributed by atoms with van der Waals surface area (Å²) in [7, 11) is 1.65. The molecule has 100 valence electrons. The Morgan fingerprint density at radius 3 is 2.70 bits per heavy atom. The molecule has 2 aromatic carbocycles. The van der Waals surface area contributed by atoms with Gasteiger partial charge in [-0.3, -0.25) is 9.97 Å². The molecule has 1 atom stereocenters. The molecule has 20 heavy (non-hydrogen) atoms. The number of hydrogen-bond donors (Lipinski definition) is 1. The molecule has 1 unspecified atom stereocenters. The molecular formula is C16H15N3O. The van der Waals surface area contributed by atoms with Crippen LogP contribution < -0.4 is 10.5 Å². The van der Waals surface area contributed by atoms with E-state index in [1.54, 1.807) is 19.5 Å². The minimum Gasteiger partial charge on any atom is -0.497 e. The van der Waals surface area contributed by atoms with Crippen molar-refractivity contribution >= 4 is 11.0 Å². The highest BCUT2D eigenvalue weighted by molar-refractivity contribution is 5.78. The largest absolute Gasteiger partial charge is 0.497 e. The molecule has 0 fully saturated rings. The Hall–Kier alpha value is -2.46. The standard InChI is InChI=1S/C16H15N3O/c1-20-12-5-2-4-11(10-12)15(17)13-6-3-7-14-16(13)19-9-8-18-14/h2-10,15H,17H2,1H3. The summed E-state index contributed by atoms with van der Waals surface area (Å²) < 4.78 is 5.24. The van der Waals surface area contributed by atoms with E-state index in [-0.39, 0.29) is 6.04 Å². The van der Waals surface area contributed by atoms with Crippen LogP contribution >= 0.6 is 0 Å². The average molecular weight is 265 g/mol. The van der Waals surface area contributed by atoms with Gasteiger partial charge in [0.25, 0.3) is 0 Å². The topological polar surface area (TPSA) is 61.0 Å². The lowest BCUT2D eigenvalue weighted by atomic mass is 9.98. The minimum absolute atomic E-state index is 0.259. The zero-order valence-corrected chi connectivity index (χ0v) is 11.2. The Balaban J connectivity index is 2.10. The molecule has 0 aliphatic rings. The second kappa shape index (κ2) is 5.27. The van der Waals surface area contributed by atoms with Gasteiger partial charge in [0.2, 0.25) is 0 Å². The molecule has 3 aromatic rings. The number of hydrogen-bond acceptors (Lipinski definition) is 4. The van der Waals surface area contributed by atoms with E-state index in [0.717, 1.165) is 27.9 Å². The van der Waals surface area contributed by atoms with Crippen LogP contribution in [0.3, 0.4) is 0 Å². The summed E-state index contributed by atoms with van der Waals surface area (Å²) in [6, 6.07) is 13.4. The molecule has 0 spiro atoms. The predicted octanol–water partition coefficient (Wildman–Crippen LogP) is 2.69. The summed E-state index contributed by atoms with van der Waals surface area (Å²) in [5.74, 6) is 0.796. The maximum Gasteiger partial charge on any atom is 0.119 e. The SMILES string of the molecule is COc1cccc(C(N)c2cccc3nccnc23)c1. The molecule has 0 amide bonds. The second-order valence-corrected chi connectivity index (χ2v) is 4.53. The lowest BCUT2D eigenvalue weighted by Gasteiger charge is -2.15. The van der Waals surface area contributed by atoms with Gasteiger partial charge in [0.15, 0.2) is 0 Å². The quantitative estimate of drug-likeness (QED) is 0.791. The summed E-state index contributed by atoms with van der Waals surface area (Å²) in [5, 5.41) is 0. The van der Waals surface area contributed by atoms with Crippen molar-refractivity contribution in [3.05, 3.63) is 66.0 Å². The molecule has 3 rings (SSSR count). The van der Waals surface area contributed by atoms with Gasteiger partial charge in [-0.05, 0) is 23.8 Å². The molecule has 0 radical (unpaired) electrons. The van der Waals surface area contributed by atoms with Crippen molar-refractivity contribution in [1.29, 1.82) is 0 Å². The van der Waals surface area contributed by atoms with Gasteiger partial charge in [-0.2, -0.15) is 0 Å². The molecule has 1 aromatic heterocycles. The lowest BCUT2D eigenvalue weighted by molar-refractivity contribution is 0.414. The van der Waals surface area contributed by atoms with Crippen LogP contribution in [0.25, 0.3) is 11.0 Å². The van der Waals surface area contributed by atoms with E-state index < -0.39 is 0 Å². The molecule has 0 bridgehead atoms. The van der Waals surface area contributed by atoms with Crippen molar-refractivity contribution in [3.63, 3.8) is 0 Å². The van der Waals surface area contributed by atoms with Gasteiger partial charge in [-0.25, -0.2) is 0 Å². The van der Waals surface area contributed by atoms with Crippen molar-refractivity contribution in [2.24, 2.45) is 5.73 Å². The Morgan fingerprint density at radius 1 is 1.05 bits per heavy atom. The maximum absolute atomic E-state index is 6.38. The number of aromatic nitrogens is 2. The van der Waals surface area contributed by atoms with E-state index >= 15 is 0 Å². The van der Waals surface area contributed by atoms with Crippen molar-refractivity contribution in [2.45, 2.75) is 6.04 Å². The Kier molecular flexibility index (Phi) is 3.31. The summed E-state index contributed by atoms with van der Waals surface area (Å²) >= 11 is 0. The zero-order chi connectivity index (χ0) is 13.9. The van der Waals surface area contributed by atoms with Gasteiger partial charge in [0.05, 0.1) is 24.2 Å². The first kappa shape index (κ1) is 12.6. The van der Waals surface area contributed by atoms with Crippen molar-refractivity contribution < 1.29 is 4.74 Å². The van der Waals surface area contributed by atoms with Crippen LogP contribution in [0.15, 0.2) is 54.9 Å². The first-order valence-electron chi connectivity index (χ1n) is 6.39. The summed E-state index contributed by atoms with van der Waals surface area (Å²) in [4.78, 5) is 8.71. The molecule has 1 heterocycles. The van der Waals surface area contributed by atoms with Gasteiger partial charge in [0, 0.05) is 18.0 Å². The highest BCUT2D eigenvalue weighted by Crippen LogP contribution is 2.26. The molecule has 4 nitrogen and oxygen atoms in total. The summed E-state index contributed by atoms with van der Waals surface area (Å²) in [6.45, 7) is 0. The first-order chi connectivity index (χ1) is 9.79. The Labute approximate surface area is 117 Å². The number of methoxy groups -OCH3 is 1. The summed E-state index contributed by atoms with van der Waals surface area (Å²) in [6.07, 6.45) is 3.37. The van der Waals surface area contributed by atoms with Gasteiger partial charge in [-0.15, -0.1) is 0 Å². The smallest absolute Gasteiger partial charge is 0.119 e. The molecule has 0 saturated carbocycles. The van der Waals surface area contributed by atoms with Gasteiger partial charge in [-0.1, -0.05) is 24.3 Å². The average Bonchev–Trinajstić information content (AvgIpc) is 2.53. The third-order valence-electron chi connectivity index (χ3n) is 3.32. The van der Waals surface area contributed by atoms with Crippen LogP contribution in [0, 0.1) is 0 Å². The van der Waals surface area contributed by atoms with Crippen LogP contribution in [0.5, 0.6) is 5.75 Å².